The van der Waals surface area contributed by atoms with Crippen molar-refractivity contribution in [3.8, 4) is 11.4 Å². The van der Waals surface area contributed by atoms with Gasteiger partial charge in [0.1, 0.15) is 0 Å². The molecule has 0 radical (unpaired) electrons. The van der Waals surface area contributed by atoms with Crippen LogP contribution in [0.5, 0.6) is 0 Å². The third-order valence-electron chi connectivity index (χ3n) is 4.47. The number of fused-ring (bicyclic) bond motifs is 1. The zero-order valence-corrected chi connectivity index (χ0v) is 11.2. The van der Waals surface area contributed by atoms with Gasteiger partial charge in [0.25, 0.3) is 0 Å². The summed E-state index contributed by atoms with van der Waals surface area (Å²) in [6.07, 6.45) is 1.05. The number of ether oxygens (including phenoxy) is 1. The minimum atomic E-state index is -0.141. The Labute approximate surface area is 117 Å². The molecular formula is C15H17N3O2. The second-order valence-corrected chi connectivity index (χ2v) is 5.61. The van der Waals surface area contributed by atoms with E-state index < -0.39 is 0 Å². The highest BCUT2D eigenvalue weighted by molar-refractivity contribution is 5.53. The molecule has 1 N–H and O–H groups in total. The summed E-state index contributed by atoms with van der Waals surface area (Å²) in [5.74, 6) is 1.90. The van der Waals surface area contributed by atoms with E-state index in [1.807, 2.05) is 30.3 Å². The summed E-state index contributed by atoms with van der Waals surface area (Å²) in [6, 6.07) is 9.93. The number of hydrogen-bond donors (Lipinski definition) is 1. The quantitative estimate of drug-likeness (QED) is 0.899. The second-order valence-electron chi connectivity index (χ2n) is 5.61. The van der Waals surface area contributed by atoms with Crippen molar-refractivity contribution in [3.05, 3.63) is 36.2 Å². The van der Waals surface area contributed by atoms with Gasteiger partial charge in [-0.3, -0.25) is 0 Å². The van der Waals surface area contributed by atoms with Gasteiger partial charge < -0.3 is 14.6 Å². The third kappa shape index (κ3) is 1.77. The van der Waals surface area contributed by atoms with E-state index in [4.69, 9.17) is 9.26 Å². The number of nitrogens with one attached hydrogen (secondary N) is 1. The summed E-state index contributed by atoms with van der Waals surface area (Å²) in [5, 5.41) is 7.59. The largest absolute Gasteiger partial charge is 0.380 e. The van der Waals surface area contributed by atoms with Crippen LogP contribution in [0.1, 0.15) is 12.3 Å². The Hall–Kier alpha value is -1.72. The van der Waals surface area contributed by atoms with Crippen LogP contribution < -0.4 is 5.32 Å². The molecule has 20 heavy (non-hydrogen) atoms. The zero-order chi connectivity index (χ0) is 13.4. The molecule has 2 aliphatic heterocycles. The molecule has 0 bridgehead atoms. The van der Waals surface area contributed by atoms with Crippen molar-refractivity contribution in [2.24, 2.45) is 5.92 Å². The van der Waals surface area contributed by atoms with Gasteiger partial charge in [-0.2, -0.15) is 4.98 Å². The van der Waals surface area contributed by atoms with Crippen molar-refractivity contribution in [3.63, 3.8) is 0 Å². The zero-order valence-electron chi connectivity index (χ0n) is 11.2. The average Bonchev–Trinajstić information content (AvgIpc) is 3.15. The van der Waals surface area contributed by atoms with E-state index in [0.29, 0.717) is 24.2 Å². The minimum absolute atomic E-state index is 0.141. The van der Waals surface area contributed by atoms with Gasteiger partial charge in [-0.15, -0.1) is 0 Å². The van der Waals surface area contributed by atoms with Crippen molar-refractivity contribution < 1.29 is 9.26 Å². The van der Waals surface area contributed by atoms with E-state index in [1.165, 1.54) is 0 Å². The fourth-order valence-electron chi connectivity index (χ4n) is 3.28. The van der Waals surface area contributed by atoms with Crippen LogP contribution >= 0.6 is 0 Å². The molecule has 0 spiro atoms. The lowest BCUT2D eigenvalue weighted by atomic mass is 9.75. The molecule has 1 aromatic heterocycles. The first kappa shape index (κ1) is 12.1. The number of rotatable bonds is 2. The van der Waals surface area contributed by atoms with Gasteiger partial charge in [0.15, 0.2) is 0 Å². The first-order valence-electron chi connectivity index (χ1n) is 7.06. The summed E-state index contributed by atoms with van der Waals surface area (Å²) >= 11 is 0. The Morgan fingerprint density at radius 3 is 3.05 bits per heavy atom. The van der Waals surface area contributed by atoms with E-state index in [1.54, 1.807) is 0 Å². The SMILES string of the molecule is c1ccc(-c2noc([C@]34CNC[C@H]3CCOC4)n2)cc1. The van der Waals surface area contributed by atoms with Crippen LogP contribution in [0, 0.1) is 5.92 Å². The first-order chi connectivity index (χ1) is 9.88. The molecule has 2 fully saturated rings. The van der Waals surface area contributed by atoms with Crippen molar-refractivity contribution in [2.75, 3.05) is 26.3 Å². The fourth-order valence-corrected chi connectivity index (χ4v) is 3.28. The van der Waals surface area contributed by atoms with Crippen LogP contribution in [0.25, 0.3) is 11.4 Å². The molecule has 0 aliphatic carbocycles. The van der Waals surface area contributed by atoms with E-state index in [-0.39, 0.29) is 5.41 Å². The van der Waals surface area contributed by atoms with Gasteiger partial charge in [0.05, 0.1) is 12.0 Å². The molecule has 104 valence electrons. The highest BCUT2D eigenvalue weighted by Gasteiger charge is 2.50. The number of aromatic nitrogens is 2. The Morgan fingerprint density at radius 2 is 2.15 bits per heavy atom. The fraction of sp³-hybridized carbons (Fsp3) is 0.467. The first-order valence-corrected chi connectivity index (χ1v) is 7.06. The van der Waals surface area contributed by atoms with Crippen molar-refractivity contribution >= 4 is 0 Å². The molecule has 5 heteroatoms. The Bertz CT molecular complexity index is 598. The van der Waals surface area contributed by atoms with Crippen LogP contribution in [0.15, 0.2) is 34.9 Å². The van der Waals surface area contributed by atoms with Gasteiger partial charge in [-0.05, 0) is 18.9 Å². The van der Waals surface area contributed by atoms with Crippen LogP contribution in [-0.2, 0) is 10.2 Å². The van der Waals surface area contributed by atoms with E-state index >= 15 is 0 Å². The lowest BCUT2D eigenvalue weighted by Gasteiger charge is -2.34. The topological polar surface area (TPSA) is 60.2 Å². The lowest BCUT2D eigenvalue weighted by Crippen LogP contribution is -2.44. The molecular weight excluding hydrogens is 254 g/mol. The van der Waals surface area contributed by atoms with Crippen LogP contribution in [-0.4, -0.2) is 36.4 Å². The summed E-state index contributed by atoms with van der Waals surface area (Å²) in [4.78, 5) is 4.64. The van der Waals surface area contributed by atoms with Crippen LogP contribution in [0.2, 0.25) is 0 Å². The predicted molar refractivity (Wildman–Crippen MR) is 73.2 cm³/mol. The predicted octanol–water partition coefficient (Wildman–Crippen LogP) is 1.61. The van der Waals surface area contributed by atoms with E-state index in [0.717, 1.165) is 31.7 Å². The van der Waals surface area contributed by atoms with Crippen LogP contribution in [0.3, 0.4) is 0 Å². The Morgan fingerprint density at radius 1 is 1.25 bits per heavy atom. The Kier molecular flexibility index (Phi) is 2.82. The monoisotopic (exact) mass is 271 g/mol. The minimum Gasteiger partial charge on any atom is -0.380 e. The maximum atomic E-state index is 5.69. The number of hydrogen-bond acceptors (Lipinski definition) is 5. The van der Waals surface area contributed by atoms with E-state index in [9.17, 15) is 0 Å². The number of benzene rings is 1. The molecule has 2 atom stereocenters. The van der Waals surface area contributed by atoms with Gasteiger partial charge in [-0.25, -0.2) is 0 Å². The summed E-state index contributed by atoms with van der Waals surface area (Å²) < 4.78 is 11.3. The molecule has 2 aromatic rings. The van der Waals surface area contributed by atoms with Crippen molar-refractivity contribution in [2.45, 2.75) is 11.8 Å². The van der Waals surface area contributed by atoms with Gasteiger partial charge in [0, 0.05) is 18.7 Å². The van der Waals surface area contributed by atoms with Gasteiger partial charge in [-0.1, -0.05) is 35.5 Å². The van der Waals surface area contributed by atoms with Crippen molar-refractivity contribution in [1.82, 2.24) is 15.5 Å². The molecule has 0 saturated carbocycles. The molecule has 4 rings (SSSR count). The van der Waals surface area contributed by atoms with Crippen LogP contribution in [0.4, 0.5) is 0 Å². The van der Waals surface area contributed by atoms with Crippen molar-refractivity contribution in [1.29, 1.82) is 0 Å². The molecule has 0 amide bonds. The van der Waals surface area contributed by atoms with Gasteiger partial charge >= 0.3 is 0 Å². The average molecular weight is 271 g/mol. The summed E-state index contributed by atoms with van der Waals surface area (Å²) in [7, 11) is 0. The van der Waals surface area contributed by atoms with E-state index in [2.05, 4.69) is 15.5 Å². The highest BCUT2D eigenvalue weighted by Crippen LogP contribution is 2.40. The summed E-state index contributed by atoms with van der Waals surface area (Å²) in [6.45, 7) is 3.36. The second kappa shape index (κ2) is 4.68. The van der Waals surface area contributed by atoms with Gasteiger partial charge in [0.2, 0.25) is 11.7 Å². The Balaban J connectivity index is 1.71. The molecule has 2 saturated heterocycles. The molecule has 5 nitrogen and oxygen atoms in total. The standard InChI is InChI=1S/C15H17N3O2/c1-2-4-11(5-3-1)13-17-14(20-18-13)15-9-16-8-12(15)6-7-19-10-15/h1-5,12,16H,6-10H2/t12-,15+/m1/s1. The highest BCUT2D eigenvalue weighted by atomic mass is 16.5. The maximum Gasteiger partial charge on any atom is 0.237 e. The molecule has 1 aromatic carbocycles. The maximum absolute atomic E-state index is 5.69. The lowest BCUT2D eigenvalue weighted by molar-refractivity contribution is 0.00198. The smallest absolute Gasteiger partial charge is 0.237 e. The third-order valence-corrected chi connectivity index (χ3v) is 4.47. The number of nitrogens with zero attached hydrogens (tertiary/aromatic N) is 2. The molecule has 0 unspecified atom stereocenters. The summed E-state index contributed by atoms with van der Waals surface area (Å²) in [5.41, 5.74) is 0.844. The molecule has 3 heterocycles. The normalized spacial score (nSPS) is 29.3. The molecule has 2 aliphatic rings.